The zero-order chi connectivity index (χ0) is 5.98. The molecule has 3 nitrogen and oxygen atoms in total. The minimum absolute atomic E-state index is 0. The van der Waals surface area contributed by atoms with E-state index < -0.39 is 5.97 Å². The van der Waals surface area contributed by atoms with Crippen molar-refractivity contribution in [3.63, 3.8) is 0 Å². The van der Waals surface area contributed by atoms with Crippen molar-refractivity contribution in [1.29, 1.82) is 0 Å². The van der Waals surface area contributed by atoms with Crippen LogP contribution in [-0.2, 0) is 4.79 Å². The van der Waals surface area contributed by atoms with Gasteiger partial charge in [0.2, 0.25) is 0 Å². The third-order valence-electron chi connectivity index (χ3n) is 1.36. The first kappa shape index (κ1) is 10.2. The molecule has 0 aliphatic carbocycles. The Morgan fingerprint density at radius 1 is 1.67 bits per heavy atom. The average molecular weight is 201 g/mol. The summed E-state index contributed by atoms with van der Waals surface area (Å²) in [6.45, 7) is 0.858. The molecule has 1 rings (SSSR count). The predicted octanol–water partition coefficient (Wildman–Crippen LogP) is -3.17. The molecule has 1 atom stereocenters. The smallest absolute Gasteiger partial charge is 0.480 e. The second-order valence-electron chi connectivity index (χ2n) is 1.99. The van der Waals surface area contributed by atoms with Crippen LogP contribution in [0.15, 0.2) is 0 Å². The van der Waals surface area contributed by atoms with Crippen LogP contribution in [0.3, 0.4) is 0 Å². The summed E-state index contributed by atoms with van der Waals surface area (Å²) in [4.78, 5) is 10.1. The standard InChI is InChI=1S/C5H9NO2.Rb/c7-5(8)4-2-1-3-6-4;/h4,6H,1-3H2,(H,7,8);/q;+1. The van der Waals surface area contributed by atoms with Crippen LogP contribution in [0.1, 0.15) is 12.8 Å². The van der Waals surface area contributed by atoms with E-state index in [1.54, 1.807) is 0 Å². The van der Waals surface area contributed by atoms with Gasteiger partial charge in [-0.3, -0.25) is 4.79 Å². The molecule has 1 aliphatic heterocycles. The zero-order valence-electron chi connectivity index (χ0n) is 5.55. The van der Waals surface area contributed by atoms with Gasteiger partial charge in [-0.2, -0.15) is 0 Å². The molecule has 0 radical (unpaired) electrons. The third-order valence-corrected chi connectivity index (χ3v) is 1.36. The van der Waals surface area contributed by atoms with Crippen LogP contribution < -0.4 is 63.5 Å². The van der Waals surface area contributed by atoms with E-state index >= 15 is 0 Å². The summed E-state index contributed by atoms with van der Waals surface area (Å²) < 4.78 is 0. The van der Waals surface area contributed by atoms with Gasteiger partial charge in [-0.05, 0) is 19.4 Å². The van der Waals surface area contributed by atoms with Gasteiger partial charge in [0.15, 0.2) is 0 Å². The number of rotatable bonds is 1. The number of carbonyl (C=O) groups is 1. The Balaban J connectivity index is 0.000000640. The van der Waals surface area contributed by atoms with Gasteiger partial charge in [-0.25, -0.2) is 0 Å². The number of hydrogen-bond acceptors (Lipinski definition) is 2. The number of nitrogens with one attached hydrogen (secondary N) is 1. The van der Waals surface area contributed by atoms with Crippen molar-refractivity contribution in [1.82, 2.24) is 5.32 Å². The molecule has 0 spiro atoms. The van der Waals surface area contributed by atoms with E-state index in [9.17, 15) is 4.79 Å². The SMILES string of the molecule is O=C(O)C1CCCN1.[Rb+]. The van der Waals surface area contributed by atoms with E-state index in [0.29, 0.717) is 0 Å². The maximum atomic E-state index is 10.1. The first-order chi connectivity index (χ1) is 3.80. The van der Waals surface area contributed by atoms with Gasteiger partial charge in [0.1, 0.15) is 6.04 Å². The Bertz CT molecular complexity index is 101. The predicted molar refractivity (Wildman–Crippen MR) is 28.7 cm³/mol. The minimum Gasteiger partial charge on any atom is -0.480 e. The van der Waals surface area contributed by atoms with Crippen LogP contribution in [-0.4, -0.2) is 23.7 Å². The van der Waals surface area contributed by atoms with Crippen molar-refractivity contribution in [2.24, 2.45) is 0 Å². The molecule has 1 aliphatic rings. The number of hydrogen-bond donors (Lipinski definition) is 2. The van der Waals surface area contributed by atoms with Gasteiger partial charge >= 0.3 is 64.2 Å². The summed E-state index contributed by atoms with van der Waals surface area (Å²) in [5, 5.41) is 11.2. The van der Waals surface area contributed by atoms with Gasteiger partial charge in [0.05, 0.1) is 0 Å². The molecular formula is C5H9NO2Rb+. The number of carboxylic acid groups (broad SMARTS) is 1. The van der Waals surface area contributed by atoms with Crippen molar-refractivity contribution in [3.8, 4) is 0 Å². The molecule has 46 valence electrons. The van der Waals surface area contributed by atoms with E-state index in [4.69, 9.17) is 5.11 Å². The minimum atomic E-state index is -0.720. The Morgan fingerprint density at radius 2 is 2.33 bits per heavy atom. The van der Waals surface area contributed by atoms with Gasteiger partial charge in [0, 0.05) is 0 Å². The Morgan fingerprint density at radius 3 is 2.56 bits per heavy atom. The molecule has 0 saturated carbocycles. The molecule has 9 heavy (non-hydrogen) atoms. The largest absolute Gasteiger partial charge is 1.00 e. The fourth-order valence-electron chi connectivity index (χ4n) is 0.895. The summed E-state index contributed by atoms with van der Waals surface area (Å²) in [5.74, 6) is -0.720. The second kappa shape index (κ2) is 4.96. The summed E-state index contributed by atoms with van der Waals surface area (Å²) in [7, 11) is 0. The van der Waals surface area contributed by atoms with Gasteiger partial charge in [-0.15, -0.1) is 0 Å². The molecular weight excluding hydrogens is 192 g/mol. The van der Waals surface area contributed by atoms with Gasteiger partial charge < -0.3 is 10.4 Å². The van der Waals surface area contributed by atoms with Crippen LogP contribution in [0, 0.1) is 0 Å². The van der Waals surface area contributed by atoms with Crippen molar-refractivity contribution >= 4 is 5.97 Å². The number of carboxylic acids is 1. The molecule has 4 heteroatoms. The van der Waals surface area contributed by atoms with Crippen molar-refractivity contribution in [2.75, 3.05) is 6.54 Å². The van der Waals surface area contributed by atoms with Crippen molar-refractivity contribution in [2.45, 2.75) is 18.9 Å². The molecule has 0 aromatic rings. The number of aliphatic carboxylic acids is 1. The fraction of sp³-hybridized carbons (Fsp3) is 0.800. The Kier molecular flexibility index (Phi) is 5.64. The molecule has 0 aromatic carbocycles. The molecule has 1 saturated heterocycles. The Hall–Kier alpha value is 1.24. The van der Waals surface area contributed by atoms with Crippen LogP contribution in [0.5, 0.6) is 0 Å². The zero-order valence-corrected chi connectivity index (χ0v) is 10.5. The molecule has 0 bridgehead atoms. The molecule has 0 amide bonds. The van der Waals surface area contributed by atoms with E-state index in [1.165, 1.54) is 0 Å². The molecule has 1 fully saturated rings. The second-order valence-corrected chi connectivity index (χ2v) is 1.99. The van der Waals surface area contributed by atoms with Gasteiger partial charge in [-0.1, -0.05) is 0 Å². The fourth-order valence-corrected chi connectivity index (χ4v) is 0.895. The monoisotopic (exact) mass is 200 g/mol. The van der Waals surface area contributed by atoms with Crippen molar-refractivity contribution < 1.29 is 68.1 Å². The summed E-state index contributed by atoms with van der Waals surface area (Å²) in [6, 6.07) is -0.269. The average Bonchev–Trinajstić information content (AvgIpc) is 2.12. The maximum Gasteiger partial charge on any atom is 1.00 e. The summed E-state index contributed by atoms with van der Waals surface area (Å²) in [5.41, 5.74) is 0. The van der Waals surface area contributed by atoms with E-state index in [1.807, 2.05) is 0 Å². The normalized spacial score (nSPS) is 25.1. The summed E-state index contributed by atoms with van der Waals surface area (Å²) in [6.07, 6.45) is 1.78. The molecule has 0 aromatic heterocycles. The quantitative estimate of drug-likeness (QED) is 0.470. The maximum absolute atomic E-state index is 10.1. The molecule has 1 heterocycles. The first-order valence-electron chi connectivity index (χ1n) is 2.77. The third kappa shape index (κ3) is 3.23. The van der Waals surface area contributed by atoms with E-state index in [2.05, 4.69) is 5.32 Å². The topological polar surface area (TPSA) is 49.3 Å². The molecule has 1 unspecified atom stereocenters. The van der Waals surface area contributed by atoms with Gasteiger partial charge in [0.25, 0.3) is 0 Å². The first-order valence-corrected chi connectivity index (χ1v) is 2.77. The van der Waals surface area contributed by atoms with Crippen LogP contribution in [0.2, 0.25) is 0 Å². The van der Waals surface area contributed by atoms with Crippen molar-refractivity contribution in [3.05, 3.63) is 0 Å². The molecule has 2 N–H and O–H groups in total. The van der Waals surface area contributed by atoms with E-state index in [-0.39, 0.29) is 64.2 Å². The van der Waals surface area contributed by atoms with E-state index in [0.717, 1.165) is 19.4 Å². The summed E-state index contributed by atoms with van der Waals surface area (Å²) >= 11 is 0. The van der Waals surface area contributed by atoms with Crippen LogP contribution in [0.4, 0.5) is 0 Å². The van der Waals surface area contributed by atoms with Crippen LogP contribution in [0.25, 0.3) is 0 Å². The van der Waals surface area contributed by atoms with Crippen LogP contribution >= 0.6 is 0 Å². The Labute approximate surface area is 103 Å².